The van der Waals surface area contributed by atoms with Crippen molar-refractivity contribution in [3.05, 3.63) is 119 Å². The van der Waals surface area contributed by atoms with Crippen LogP contribution in [0.25, 0.3) is 16.8 Å². The molecule has 0 bridgehead atoms. The molecule has 1 unspecified atom stereocenters. The summed E-state index contributed by atoms with van der Waals surface area (Å²) in [6.07, 6.45) is 4.48. The highest BCUT2D eigenvalue weighted by atomic mass is 14.9. The molecule has 4 aromatic rings. The van der Waals surface area contributed by atoms with E-state index < -0.39 is 0 Å². The van der Waals surface area contributed by atoms with E-state index in [-0.39, 0.29) is 6.04 Å². The first kappa shape index (κ1) is 19.0. The molecule has 0 aliphatic carbocycles. The molecule has 0 aliphatic rings. The van der Waals surface area contributed by atoms with Gasteiger partial charge in [-0.25, -0.2) is 0 Å². The Bertz CT molecular complexity index is 1130. The summed E-state index contributed by atoms with van der Waals surface area (Å²) in [7, 11) is 0. The second-order valence-electron chi connectivity index (χ2n) is 7.77. The van der Waals surface area contributed by atoms with Gasteiger partial charge in [-0.2, -0.15) is 0 Å². The Kier molecular flexibility index (Phi) is 5.48. The number of aryl methyl sites for hydroxylation is 3. The maximum absolute atomic E-state index is 3.77. The lowest BCUT2D eigenvalue weighted by Crippen LogP contribution is -2.11. The molecule has 29 heavy (non-hydrogen) atoms. The molecule has 4 aromatic carbocycles. The smallest absolute Gasteiger partial charge is 0.0706 e. The van der Waals surface area contributed by atoms with E-state index in [2.05, 4.69) is 123 Å². The lowest BCUT2D eigenvalue weighted by molar-refractivity contribution is 0.955. The van der Waals surface area contributed by atoms with Crippen LogP contribution in [0.2, 0.25) is 0 Å². The zero-order valence-electron chi connectivity index (χ0n) is 17.3. The van der Waals surface area contributed by atoms with E-state index in [1.54, 1.807) is 0 Å². The number of rotatable bonds is 5. The van der Waals surface area contributed by atoms with Crippen LogP contribution >= 0.6 is 0 Å². The van der Waals surface area contributed by atoms with Crippen LogP contribution in [-0.2, 0) is 0 Å². The molecule has 1 heteroatoms. The van der Waals surface area contributed by atoms with E-state index in [1.807, 2.05) is 0 Å². The van der Waals surface area contributed by atoms with Crippen LogP contribution in [0, 0.1) is 20.8 Å². The molecule has 0 spiro atoms. The largest absolute Gasteiger partial charge is 0.375 e. The van der Waals surface area contributed by atoms with Crippen LogP contribution in [0.4, 0.5) is 5.69 Å². The van der Waals surface area contributed by atoms with Gasteiger partial charge in [0.15, 0.2) is 0 Å². The maximum atomic E-state index is 3.77. The third-order valence-corrected chi connectivity index (χ3v) is 5.40. The van der Waals surface area contributed by atoms with Gasteiger partial charge < -0.3 is 5.32 Å². The fraction of sp³-hybridized carbons (Fsp3) is 0.143. The van der Waals surface area contributed by atoms with E-state index in [0.717, 1.165) is 5.69 Å². The molecular formula is C28H27N. The third kappa shape index (κ3) is 4.41. The van der Waals surface area contributed by atoms with Gasteiger partial charge in [-0.1, -0.05) is 90.5 Å². The van der Waals surface area contributed by atoms with Gasteiger partial charge in [0.05, 0.1) is 6.04 Å². The molecule has 1 N–H and O–H groups in total. The summed E-state index contributed by atoms with van der Waals surface area (Å²) in [6, 6.07) is 30.2. The normalized spacial score (nSPS) is 12.4. The highest BCUT2D eigenvalue weighted by Crippen LogP contribution is 2.30. The summed E-state index contributed by atoms with van der Waals surface area (Å²) in [6.45, 7) is 6.58. The molecule has 0 amide bonds. The first-order valence-electron chi connectivity index (χ1n) is 10.2. The zero-order valence-corrected chi connectivity index (χ0v) is 17.3. The summed E-state index contributed by atoms with van der Waals surface area (Å²) in [5, 5.41) is 6.28. The number of hydrogen-bond donors (Lipinski definition) is 1. The van der Waals surface area contributed by atoms with E-state index in [1.165, 1.54) is 38.6 Å². The third-order valence-electron chi connectivity index (χ3n) is 5.40. The monoisotopic (exact) mass is 377 g/mol. The topological polar surface area (TPSA) is 12.0 Å². The molecule has 1 atom stereocenters. The van der Waals surface area contributed by atoms with Crippen LogP contribution < -0.4 is 5.32 Å². The van der Waals surface area contributed by atoms with Crippen LogP contribution in [-0.4, -0.2) is 0 Å². The molecule has 0 fully saturated rings. The van der Waals surface area contributed by atoms with Gasteiger partial charge in [0.1, 0.15) is 0 Å². The molecule has 0 aromatic heterocycles. The van der Waals surface area contributed by atoms with Crippen molar-refractivity contribution in [3.63, 3.8) is 0 Å². The van der Waals surface area contributed by atoms with Crippen LogP contribution in [0.3, 0.4) is 0 Å². The minimum absolute atomic E-state index is 0.0944. The SMILES string of the molecule is Cc1cc(C)c(C(C=Cc2ccccc2)Nc2ccc3ccccc3c2)c(C)c1. The lowest BCUT2D eigenvalue weighted by Gasteiger charge is -2.22. The van der Waals surface area contributed by atoms with Crippen molar-refractivity contribution in [2.24, 2.45) is 0 Å². The Balaban J connectivity index is 1.74. The second kappa shape index (κ2) is 8.36. The Hall–Kier alpha value is -3.32. The predicted molar refractivity (Wildman–Crippen MR) is 126 cm³/mol. The first-order chi connectivity index (χ1) is 14.1. The van der Waals surface area contributed by atoms with Gasteiger partial charge in [-0.3, -0.25) is 0 Å². The Morgan fingerprint density at radius 3 is 2.07 bits per heavy atom. The summed E-state index contributed by atoms with van der Waals surface area (Å²) in [5.41, 5.74) is 7.62. The molecule has 1 nitrogen and oxygen atoms in total. The van der Waals surface area contributed by atoms with Crippen molar-refractivity contribution in [2.75, 3.05) is 5.32 Å². The van der Waals surface area contributed by atoms with Crippen LogP contribution in [0.5, 0.6) is 0 Å². The standard InChI is InChI=1S/C28H27N/c1-20-17-21(2)28(22(3)18-20)27(16-13-23-9-5-4-6-10-23)29-26-15-14-24-11-7-8-12-25(24)19-26/h4-19,27,29H,1-3H3. The number of hydrogen-bond acceptors (Lipinski definition) is 1. The minimum Gasteiger partial charge on any atom is -0.375 e. The minimum atomic E-state index is 0.0944. The van der Waals surface area contributed by atoms with E-state index in [9.17, 15) is 0 Å². The van der Waals surface area contributed by atoms with Crippen LogP contribution in [0.1, 0.15) is 33.9 Å². The van der Waals surface area contributed by atoms with Gasteiger partial charge in [0, 0.05) is 5.69 Å². The fourth-order valence-corrected chi connectivity index (χ4v) is 4.13. The molecule has 0 radical (unpaired) electrons. The highest BCUT2D eigenvalue weighted by Gasteiger charge is 2.14. The van der Waals surface area contributed by atoms with Gasteiger partial charge in [0.25, 0.3) is 0 Å². The quantitative estimate of drug-likeness (QED) is 0.377. The van der Waals surface area contributed by atoms with E-state index in [0.29, 0.717) is 0 Å². The fourth-order valence-electron chi connectivity index (χ4n) is 4.13. The lowest BCUT2D eigenvalue weighted by atomic mass is 9.93. The summed E-state index contributed by atoms with van der Waals surface area (Å²) in [5.74, 6) is 0. The summed E-state index contributed by atoms with van der Waals surface area (Å²) in [4.78, 5) is 0. The van der Waals surface area contributed by atoms with Crippen molar-refractivity contribution in [1.82, 2.24) is 0 Å². The molecule has 0 aliphatic heterocycles. The highest BCUT2D eigenvalue weighted by molar-refractivity contribution is 5.85. The molecule has 4 rings (SSSR count). The maximum Gasteiger partial charge on any atom is 0.0706 e. The van der Waals surface area contributed by atoms with Crippen molar-refractivity contribution in [3.8, 4) is 0 Å². The van der Waals surface area contributed by atoms with Crippen molar-refractivity contribution < 1.29 is 0 Å². The van der Waals surface area contributed by atoms with Crippen molar-refractivity contribution >= 4 is 22.5 Å². The predicted octanol–water partition coefficient (Wildman–Crippen LogP) is 7.63. The average molecular weight is 378 g/mol. The molecule has 0 saturated carbocycles. The zero-order chi connectivity index (χ0) is 20.2. The molecule has 0 saturated heterocycles. The Labute approximate surface area is 173 Å². The number of fused-ring (bicyclic) bond motifs is 1. The second-order valence-corrected chi connectivity index (χ2v) is 7.77. The molecule has 0 heterocycles. The molecule has 144 valence electrons. The van der Waals surface area contributed by atoms with Gasteiger partial charge in [0.2, 0.25) is 0 Å². The Morgan fingerprint density at radius 1 is 0.690 bits per heavy atom. The van der Waals surface area contributed by atoms with E-state index in [4.69, 9.17) is 0 Å². The van der Waals surface area contributed by atoms with Crippen molar-refractivity contribution in [2.45, 2.75) is 26.8 Å². The number of anilines is 1. The van der Waals surface area contributed by atoms with Gasteiger partial charge >= 0.3 is 0 Å². The van der Waals surface area contributed by atoms with Crippen molar-refractivity contribution in [1.29, 1.82) is 0 Å². The summed E-state index contributed by atoms with van der Waals surface area (Å²) >= 11 is 0. The van der Waals surface area contributed by atoms with Gasteiger partial charge in [-0.15, -0.1) is 0 Å². The Morgan fingerprint density at radius 2 is 1.34 bits per heavy atom. The van der Waals surface area contributed by atoms with E-state index >= 15 is 0 Å². The summed E-state index contributed by atoms with van der Waals surface area (Å²) < 4.78 is 0. The van der Waals surface area contributed by atoms with Gasteiger partial charge in [-0.05, 0) is 65.9 Å². The first-order valence-corrected chi connectivity index (χ1v) is 10.2. The number of nitrogens with one attached hydrogen (secondary N) is 1. The number of benzene rings is 4. The molecular weight excluding hydrogens is 350 g/mol. The average Bonchev–Trinajstić information content (AvgIpc) is 2.72. The van der Waals surface area contributed by atoms with Crippen LogP contribution in [0.15, 0.2) is 91.0 Å².